The normalized spacial score (nSPS) is 10.7. The summed E-state index contributed by atoms with van der Waals surface area (Å²) in [7, 11) is 1.39. The Hall–Kier alpha value is -2.03. The fourth-order valence-corrected chi connectivity index (χ4v) is 1.94. The van der Waals surface area contributed by atoms with E-state index in [9.17, 15) is 4.79 Å². The number of carbonyl (C=O) groups is 1. The molecule has 0 spiro atoms. The molecule has 0 unspecified atom stereocenters. The predicted octanol–water partition coefficient (Wildman–Crippen LogP) is 3.66. The minimum absolute atomic E-state index is 0.365. The number of carbonyl (C=O) groups excluding carboxylic acids is 1. The largest absolute Gasteiger partial charge is 0.492 e. The van der Waals surface area contributed by atoms with Crippen molar-refractivity contribution in [2.24, 2.45) is 5.92 Å². The molecule has 0 N–H and O–H groups in total. The van der Waals surface area contributed by atoms with Crippen LogP contribution in [0.4, 0.5) is 0 Å². The molecule has 0 atom stereocenters. The van der Waals surface area contributed by atoms with Gasteiger partial charge in [0.2, 0.25) is 0 Å². The number of rotatable bonds is 4. The van der Waals surface area contributed by atoms with Crippen LogP contribution in [0.25, 0.3) is 10.8 Å². The molecule has 0 radical (unpaired) electrons. The molecule has 0 saturated heterocycles. The van der Waals surface area contributed by atoms with Gasteiger partial charge in [0, 0.05) is 0 Å². The van der Waals surface area contributed by atoms with Crippen LogP contribution in [-0.4, -0.2) is 19.7 Å². The van der Waals surface area contributed by atoms with Crippen molar-refractivity contribution in [3.05, 3.63) is 42.0 Å². The molecule has 0 aliphatic rings. The molecule has 19 heavy (non-hydrogen) atoms. The van der Waals surface area contributed by atoms with E-state index < -0.39 is 0 Å². The van der Waals surface area contributed by atoms with Crippen LogP contribution in [0, 0.1) is 5.92 Å². The lowest BCUT2D eigenvalue weighted by Crippen LogP contribution is -2.10. The van der Waals surface area contributed by atoms with Gasteiger partial charge in [0.25, 0.3) is 0 Å². The summed E-state index contributed by atoms with van der Waals surface area (Å²) in [5.41, 5.74) is 0.501. The van der Waals surface area contributed by atoms with Gasteiger partial charge in [-0.1, -0.05) is 44.2 Å². The lowest BCUT2D eigenvalue weighted by Gasteiger charge is -2.14. The van der Waals surface area contributed by atoms with Crippen LogP contribution in [0.5, 0.6) is 5.75 Å². The second-order valence-corrected chi connectivity index (χ2v) is 4.86. The third kappa shape index (κ3) is 2.87. The van der Waals surface area contributed by atoms with E-state index in [0.717, 1.165) is 10.8 Å². The van der Waals surface area contributed by atoms with Gasteiger partial charge in [-0.25, -0.2) is 4.79 Å². The zero-order valence-electron chi connectivity index (χ0n) is 11.5. The third-order valence-electron chi connectivity index (χ3n) is 2.85. The number of methoxy groups -OCH3 is 1. The summed E-state index contributed by atoms with van der Waals surface area (Å²) in [5, 5.41) is 1.86. The van der Waals surface area contributed by atoms with Crippen molar-refractivity contribution in [3.8, 4) is 5.75 Å². The van der Waals surface area contributed by atoms with E-state index in [2.05, 4.69) is 13.8 Å². The average molecular weight is 258 g/mol. The SMILES string of the molecule is COC(=O)c1c(OCC(C)C)ccc2ccccc12. The van der Waals surface area contributed by atoms with Crippen molar-refractivity contribution in [1.29, 1.82) is 0 Å². The van der Waals surface area contributed by atoms with Crippen molar-refractivity contribution < 1.29 is 14.3 Å². The number of ether oxygens (including phenoxy) is 2. The van der Waals surface area contributed by atoms with Crippen LogP contribution < -0.4 is 4.74 Å². The smallest absolute Gasteiger partial charge is 0.342 e. The number of benzene rings is 2. The molecule has 0 saturated carbocycles. The Balaban J connectivity index is 2.53. The number of esters is 1. The third-order valence-corrected chi connectivity index (χ3v) is 2.85. The highest BCUT2D eigenvalue weighted by Gasteiger charge is 2.17. The molecular weight excluding hydrogens is 240 g/mol. The first-order valence-corrected chi connectivity index (χ1v) is 6.36. The fourth-order valence-electron chi connectivity index (χ4n) is 1.94. The second kappa shape index (κ2) is 5.74. The summed E-state index contributed by atoms with van der Waals surface area (Å²) >= 11 is 0. The Labute approximate surface area is 113 Å². The fraction of sp³-hybridized carbons (Fsp3) is 0.312. The predicted molar refractivity (Wildman–Crippen MR) is 75.6 cm³/mol. The van der Waals surface area contributed by atoms with Crippen molar-refractivity contribution in [2.75, 3.05) is 13.7 Å². The quantitative estimate of drug-likeness (QED) is 0.785. The van der Waals surface area contributed by atoms with E-state index in [1.807, 2.05) is 36.4 Å². The number of hydrogen-bond acceptors (Lipinski definition) is 3. The Morgan fingerprint density at radius 3 is 2.58 bits per heavy atom. The second-order valence-electron chi connectivity index (χ2n) is 4.86. The first-order chi connectivity index (χ1) is 9.13. The summed E-state index contributed by atoms with van der Waals surface area (Å²) in [6.45, 7) is 4.71. The van der Waals surface area contributed by atoms with E-state index in [1.54, 1.807) is 0 Å². The highest BCUT2D eigenvalue weighted by Crippen LogP contribution is 2.29. The summed E-state index contributed by atoms with van der Waals surface area (Å²) in [6.07, 6.45) is 0. The molecule has 2 aromatic rings. The minimum atomic E-state index is -0.365. The molecular formula is C16H18O3. The van der Waals surface area contributed by atoms with Crippen LogP contribution in [0.1, 0.15) is 24.2 Å². The molecule has 2 aromatic carbocycles. The average Bonchev–Trinajstić information content (AvgIpc) is 2.43. The van der Waals surface area contributed by atoms with E-state index in [4.69, 9.17) is 9.47 Å². The summed E-state index contributed by atoms with van der Waals surface area (Å²) in [6, 6.07) is 11.5. The number of hydrogen-bond donors (Lipinski definition) is 0. The van der Waals surface area contributed by atoms with Gasteiger partial charge < -0.3 is 9.47 Å². The molecule has 0 fully saturated rings. The van der Waals surface area contributed by atoms with Gasteiger partial charge in [-0.15, -0.1) is 0 Å². The molecule has 3 heteroatoms. The van der Waals surface area contributed by atoms with E-state index >= 15 is 0 Å². The molecule has 0 aliphatic carbocycles. The first-order valence-electron chi connectivity index (χ1n) is 6.36. The molecule has 0 amide bonds. The van der Waals surface area contributed by atoms with Gasteiger partial charge in [0.15, 0.2) is 0 Å². The molecule has 2 rings (SSSR count). The topological polar surface area (TPSA) is 35.5 Å². The highest BCUT2D eigenvalue weighted by molar-refractivity contribution is 6.07. The minimum Gasteiger partial charge on any atom is -0.492 e. The van der Waals surface area contributed by atoms with Crippen molar-refractivity contribution in [1.82, 2.24) is 0 Å². The van der Waals surface area contributed by atoms with Crippen LogP contribution in [0.2, 0.25) is 0 Å². The standard InChI is InChI=1S/C16H18O3/c1-11(2)10-19-14-9-8-12-6-4-5-7-13(12)15(14)16(17)18-3/h4-9,11H,10H2,1-3H3. The van der Waals surface area contributed by atoms with Crippen LogP contribution in [0.15, 0.2) is 36.4 Å². The van der Waals surface area contributed by atoms with E-state index in [1.165, 1.54) is 7.11 Å². The zero-order valence-corrected chi connectivity index (χ0v) is 11.5. The molecule has 0 aromatic heterocycles. The summed E-state index contributed by atoms with van der Waals surface area (Å²) in [5.74, 6) is 0.617. The molecule has 3 nitrogen and oxygen atoms in total. The van der Waals surface area contributed by atoms with Gasteiger partial charge in [-0.2, -0.15) is 0 Å². The molecule has 0 bridgehead atoms. The molecule has 0 heterocycles. The number of fused-ring (bicyclic) bond motifs is 1. The van der Waals surface area contributed by atoms with Crippen LogP contribution >= 0.6 is 0 Å². The lowest BCUT2D eigenvalue weighted by atomic mass is 10.0. The van der Waals surface area contributed by atoms with E-state index in [0.29, 0.717) is 23.8 Å². The zero-order chi connectivity index (χ0) is 13.8. The Morgan fingerprint density at radius 1 is 1.16 bits per heavy atom. The van der Waals surface area contributed by atoms with E-state index in [-0.39, 0.29) is 5.97 Å². The van der Waals surface area contributed by atoms with Gasteiger partial charge in [0.05, 0.1) is 13.7 Å². The highest BCUT2D eigenvalue weighted by atomic mass is 16.5. The maximum absolute atomic E-state index is 12.0. The molecule has 0 aliphatic heterocycles. The first kappa shape index (κ1) is 13.4. The maximum atomic E-state index is 12.0. The monoisotopic (exact) mass is 258 g/mol. The van der Waals surface area contributed by atoms with Crippen LogP contribution in [-0.2, 0) is 4.74 Å². The Morgan fingerprint density at radius 2 is 1.89 bits per heavy atom. The van der Waals surface area contributed by atoms with Gasteiger partial charge >= 0.3 is 5.97 Å². The van der Waals surface area contributed by atoms with Crippen molar-refractivity contribution >= 4 is 16.7 Å². The van der Waals surface area contributed by atoms with Gasteiger partial charge in [-0.05, 0) is 22.8 Å². The van der Waals surface area contributed by atoms with Crippen molar-refractivity contribution in [3.63, 3.8) is 0 Å². The molecule has 100 valence electrons. The van der Waals surface area contributed by atoms with Crippen LogP contribution in [0.3, 0.4) is 0 Å². The lowest BCUT2D eigenvalue weighted by molar-refractivity contribution is 0.0598. The van der Waals surface area contributed by atoms with Gasteiger partial charge in [0.1, 0.15) is 11.3 Å². The maximum Gasteiger partial charge on any atom is 0.342 e. The Kier molecular flexibility index (Phi) is 4.05. The Bertz CT molecular complexity index is 588. The summed E-state index contributed by atoms with van der Waals surface area (Å²) < 4.78 is 10.6. The van der Waals surface area contributed by atoms with Gasteiger partial charge in [-0.3, -0.25) is 0 Å². The summed E-state index contributed by atoms with van der Waals surface area (Å²) in [4.78, 5) is 12.0. The van der Waals surface area contributed by atoms with Crippen molar-refractivity contribution in [2.45, 2.75) is 13.8 Å².